The van der Waals surface area contributed by atoms with Gasteiger partial charge in [0.2, 0.25) is 5.91 Å². The Bertz CT molecular complexity index is 753. The van der Waals surface area contributed by atoms with Gasteiger partial charge in [0.05, 0.1) is 10.6 Å². The lowest BCUT2D eigenvalue weighted by Gasteiger charge is -2.23. The Kier molecular flexibility index (Phi) is 5.55. The second-order valence-electron chi connectivity index (χ2n) is 5.42. The third kappa shape index (κ3) is 3.99. The van der Waals surface area contributed by atoms with Crippen LogP contribution in [0.1, 0.15) is 31.7 Å². The number of hydrogen-bond acceptors (Lipinski definition) is 3. The van der Waals surface area contributed by atoms with Crippen LogP contribution >= 0.6 is 0 Å². The van der Waals surface area contributed by atoms with E-state index >= 15 is 0 Å². The average molecular weight is 331 g/mol. The molecule has 0 aliphatic carbocycles. The van der Waals surface area contributed by atoms with Crippen LogP contribution in [-0.2, 0) is 14.8 Å². The summed E-state index contributed by atoms with van der Waals surface area (Å²) in [6.07, 6.45) is 1.70. The minimum Gasteiger partial charge on any atom is -0.273 e. The highest BCUT2D eigenvalue weighted by atomic mass is 32.2. The monoisotopic (exact) mass is 331 g/mol. The Balaban J connectivity index is 2.49. The van der Waals surface area contributed by atoms with Crippen LogP contribution in [0, 0.1) is 6.92 Å². The molecule has 5 heteroatoms. The normalized spacial score (nSPS) is 11.2. The maximum absolute atomic E-state index is 12.9. The number of amides is 1. The molecule has 0 heterocycles. The zero-order chi connectivity index (χ0) is 16.9. The molecule has 2 aromatic rings. The molecular formula is C18H21NO3S. The number of anilines is 1. The zero-order valence-electron chi connectivity index (χ0n) is 13.4. The van der Waals surface area contributed by atoms with Gasteiger partial charge in [0.1, 0.15) is 0 Å². The molecule has 2 rings (SSSR count). The fourth-order valence-electron chi connectivity index (χ4n) is 2.22. The minimum atomic E-state index is -3.91. The summed E-state index contributed by atoms with van der Waals surface area (Å²) >= 11 is 0. The molecule has 0 N–H and O–H groups in total. The number of benzene rings is 2. The first-order valence-corrected chi connectivity index (χ1v) is 9.10. The molecule has 0 aromatic heterocycles. The van der Waals surface area contributed by atoms with Gasteiger partial charge in [-0.2, -0.15) is 0 Å². The third-order valence-corrected chi connectivity index (χ3v) is 5.28. The van der Waals surface area contributed by atoms with Crippen molar-refractivity contribution >= 4 is 21.6 Å². The maximum Gasteiger partial charge on any atom is 0.270 e. The number of unbranched alkanes of at least 4 members (excludes halogenated alkanes) is 1. The van der Waals surface area contributed by atoms with Crippen LogP contribution in [0.3, 0.4) is 0 Å². The van der Waals surface area contributed by atoms with Crippen molar-refractivity contribution in [2.75, 3.05) is 4.31 Å². The number of carbonyl (C=O) groups excluding carboxylic acids is 1. The van der Waals surface area contributed by atoms with Crippen LogP contribution < -0.4 is 4.31 Å². The number of rotatable bonds is 6. The van der Waals surface area contributed by atoms with E-state index in [1.165, 1.54) is 12.1 Å². The Morgan fingerprint density at radius 2 is 1.61 bits per heavy atom. The summed E-state index contributed by atoms with van der Waals surface area (Å²) in [6, 6.07) is 15.0. The molecule has 1 amide bonds. The molecular weight excluding hydrogens is 310 g/mol. The van der Waals surface area contributed by atoms with Crippen LogP contribution in [0.4, 0.5) is 5.69 Å². The topological polar surface area (TPSA) is 54.5 Å². The van der Waals surface area contributed by atoms with Crippen molar-refractivity contribution in [1.82, 2.24) is 0 Å². The molecule has 0 saturated carbocycles. The van der Waals surface area contributed by atoms with E-state index in [1.807, 2.05) is 13.8 Å². The van der Waals surface area contributed by atoms with Gasteiger partial charge < -0.3 is 0 Å². The standard InChI is InChI=1S/C18H21NO3S/c1-3-4-10-18(20)19(16-13-11-15(2)12-14-16)23(21,22)17-8-6-5-7-9-17/h5-9,11-14H,3-4,10H2,1-2H3. The predicted molar refractivity (Wildman–Crippen MR) is 91.8 cm³/mol. The maximum atomic E-state index is 12.9. The molecule has 23 heavy (non-hydrogen) atoms. The van der Waals surface area contributed by atoms with Crippen molar-refractivity contribution in [1.29, 1.82) is 0 Å². The quantitative estimate of drug-likeness (QED) is 0.806. The largest absolute Gasteiger partial charge is 0.273 e. The van der Waals surface area contributed by atoms with Crippen molar-refractivity contribution in [3.63, 3.8) is 0 Å². The number of hydrogen-bond donors (Lipinski definition) is 0. The van der Waals surface area contributed by atoms with Gasteiger partial charge in [-0.15, -0.1) is 0 Å². The average Bonchev–Trinajstić information content (AvgIpc) is 2.55. The molecule has 0 radical (unpaired) electrons. The summed E-state index contributed by atoms with van der Waals surface area (Å²) in [5.74, 6) is -0.403. The van der Waals surface area contributed by atoms with E-state index in [4.69, 9.17) is 0 Å². The van der Waals surface area contributed by atoms with Crippen molar-refractivity contribution < 1.29 is 13.2 Å². The summed E-state index contributed by atoms with van der Waals surface area (Å²) in [4.78, 5) is 12.7. The molecule has 0 bridgehead atoms. The van der Waals surface area contributed by atoms with Crippen molar-refractivity contribution in [2.24, 2.45) is 0 Å². The Hall–Kier alpha value is -2.14. The summed E-state index contributed by atoms with van der Waals surface area (Å²) in [7, 11) is -3.91. The van der Waals surface area contributed by atoms with Gasteiger partial charge >= 0.3 is 0 Å². The molecule has 4 nitrogen and oxygen atoms in total. The zero-order valence-corrected chi connectivity index (χ0v) is 14.2. The fraction of sp³-hybridized carbons (Fsp3) is 0.278. The number of carbonyl (C=O) groups is 1. The van der Waals surface area contributed by atoms with E-state index in [-0.39, 0.29) is 11.3 Å². The van der Waals surface area contributed by atoms with Gasteiger partial charge in [0.25, 0.3) is 10.0 Å². The van der Waals surface area contributed by atoms with Gasteiger partial charge in [0, 0.05) is 6.42 Å². The Morgan fingerprint density at radius 3 is 2.17 bits per heavy atom. The first-order chi connectivity index (χ1) is 11.0. The van der Waals surface area contributed by atoms with E-state index in [0.717, 1.165) is 16.3 Å². The van der Waals surface area contributed by atoms with Crippen LogP contribution in [0.2, 0.25) is 0 Å². The van der Waals surface area contributed by atoms with E-state index in [2.05, 4.69) is 0 Å². The molecule has 0 spiro atoms. The fourth-order valence-corrected chi connectivity index (χ4v) is 3.69. The summed E-state index contributed by atoms with van der Waals surface area (Å²) < 4.78 is 26.8. The predicted octanol–water partition coefficient (Wildman–Crippen LogP) is 3.91. The number of aryl methyl sites for hydroxylation is 1. The van der Waals surface area contributed by atoms with E-state index in [1.54, 1.807) is 42.5 Å². The highest BCUT2D eigenvalue weighted by molar-refractivity contribution is 7.93. The van der Waals surface area contributed by atoms with Gasteiger partial charge in [-0.1, -0.05) is 49.2 Å². The van der Waals surface area contributed by atoms with E-state index < -0.39 is 15.9 Å². The number of sulfonamides is 1. The highest BCUT2D eigenvalue weighted by Gasteiger charge is 2.30. The van der Waals surface area contributed by atoms with E-state index in [9.17, 15) is 13.2 Å². The van der Waals surface area contributed by atoms with Crippen LogP contribution in [0.25, 0.3) is 0 Å². The lowest BCUT2D eigenvalue weighted by atomic mass is 10.2. The first-order valence-electron chi connectivity index (χ1n) is 7.66. The van der Waals surface area contributed by atoms with Crippen LogP contribution in [-0.4, -0.2) is 14.3 Å². The van der Waals surface area contributed by atoms with Gasteiger partial charge in [0.15, 0.2) is 0 Å². The van der Waals surface area contributed by atoms with Crippen LogP contribution in [0.5, 0.6) is 0 Å². The summed E-state index contributed by atoms with van der Waals surface area (Å²) in [5.41, 5.74) is 1.38. The highest BCUT2D eigenvalue weighted by Crippen LogP contribution is 2.25. The number of nitrogens with zero attached hydrogens (tertiary/aromatic N) is 1. The molecule has 0 unspecified atom stereocenters. The molecule has 0 saturated heterocycles. The second-order valence-corrected chi connectivity index (χ2v) is 7.20. The molecule has 0 fully saturated rings. The van der Waals surface area contributed by atoms with Crippen molar-refractivity contribution in [2.45, 2.75) is 38.0 Å². The molecule has 0 aliphatic rings. The van der Waals surface area contributed by atoms with Crippen molar-refractivity contribution in [3.05, 3.63) is 60.2 Å². The SMILES string of the molecule is CCCCC(=O)N(c1ccc(C)cc1)S(=O)(=O)c1ccccc1. The second kappa shape index (κ2) is 7.42. The smallest absolute Gasteiger partial charge is 0.270 e. The third-order valence-electron chi connectivity index (χ3n) is 3.52. The van der Waals surface area contributed by atoms with Gasteiger partial charge in [-0.3, -0.25) is 4.79 Å². The first kappa shape index (κ1) is 17.2. The lowest BCUT2D eigenvalue weighted by molar-refractivity contribution is -0.117. The molecule has 122 valence electrons. The Labute approximate surface area is 137 Å². The van der Waals surface area contributed by atoms with Gasteiger partial charge in [-0.05, 0) is 37.6 Å². The van der Waals surface area contributed by atoms with E-state index in [0.29, 0.717) is 12.1 Å². The molecule has 2 aromatic carbocycles. The Morgan fingerprint density at radius 1 is 1.00 bits per heavy atom. The minimum absolute atomic E-state index is 0.116. The molecule has 0 aliphatic heterocycles. The summed E-state index contributed by atoms with van der Waals surface area (Å²) in [6.45, 7) is 3.88. The molecule has 0 atom stereocenters. The van der Waals surface area contributed by atoms with Crippen molar-refractivity contribution in [3.8, 4) is 0 Å². The van der Waals surface area contributed by atoms with Gasteiger partial charge in [-0.25, -0.2) is 12.7 Å². The van der Waals surface area contributed by atoms with Crippen LogP contribution in [0.15, 0.2) is 59.5 Å². The lowest BCUT2D eigenvalue weighted by Crippen LogP contribution is -2.36. The summed E-state index contributed by atoms with van der Waals surface area (Å²) in [5, 5.41) is 0.